The van der Waals surface area contributed by atoms with Crippen molar-refractivity contribution in [2.24, 2.45) is 5.92 Å². The van der Waals surface area contributed by atoms with Crippen molar-refractivity contribution >= 4 is 28.9 Å². The van der Waals surface area contributed by atoms with Crippen LogP contribution in [0.3, 0.4) is 0 Å². The number of urea groups is 1. The van der Waals surface area contributed by atoms with Crippen LogP contribution in [0, 0.1) is 5.92 Å². The molecule has 4 amide bonds. The Bertz CT molecular complexity index is 2160. The molecule has 0 spiro atoms. The molecule has 0 bridgehead atoms. The summed E-state index contributed by atoms with van der Waals surface area (Å²) in [6, 6.07) is 29.5. The van der Waals surface area contributed by atoms with Gasteiger partial charge in [0.15, 0.2) is 0 Å². The number of ether oxygens (including phenoxy) is 1. The van der Waals surface area contributed by atoms with Gasteiger partial charge in [0.2, 0.25) is 5.91 Å². The first-order valence-electron chi connectivity index (χ1n) is 20.1. The number of hydrogen-bond donors (Lipinski definition) is 4. The van der Waals surface area contributed by atoms with Gasteiger partial charge in [0.1, 0.15) is 11.6 Å². The average molecular weight is 786 g/mol. The average Bonchev–Trinajstić information content (AvgIpc) is 3.56. The fraction of sp³-hybridized carbons (Fsp3) is 0.370. The monoisotopic (exact) mass is 785 g/mol. The zero-order valence-electron chi connectivity index (χ0n) is 34.0. The molecule has 1 saturated heterocycles. The van der Waals surface area contributed by atoms with Gasteiger partial charge in [0, 0.05) is 55.9 Å². The van der Waals surface area contributed by atoms with Crippen molar-refractivity contribution in [2.45, 2.75) is 90.8 Å². The summed E-state index contributed by atoms with van der Waals surface area (Å²) < 4.78 is 5.38. The predicted octanol–water partition coefficient (Wildman–Crippen LogP) is 6.81. The fourth-order valence-electron chi connectivity index (χ4n) is 7.42. The van der Waals surface area contributed by atoms with Crippen molar-refractivity contribution in [2.75, 3.05) is 13.1 Å². The van der Waals surface area contributed by atoms with E-state index < -0.39 is 29.9 Å². The third-order valence-corrected chi connectivity index (χ3v) is 10.6. The lowest BCUT2D eigenvalue weighted by Gasteiger charge is -2.34. The van der Waals surface area contributed by atoms with E-state index in [2.05, 4.69) is 26.1 Å². The molecule has 12 nitrogen and oxygen atoms in total. The Morgan fingerprint density at radius 2 is 1.62 bits per heavy atom. The second-order valence-corrected chi connectivity index (χ2v) is 16.0. The van der Waals surface area contributed by atoms with Gasteiger partial charge >= 0.3 is 12.1 Å². The van der Waals surface area contributed by atoms with Gasteiger partial charge in [-0.2, -0.15) is 0 Å². The van der Waals surface area contributed by atoms with Crippen LogP contribution in [0.15, 0.2) is 109 Å². The molecule has 4 N–H and O–H groups in total. The van der Waals surface area contributed by atoms with E-state index in [0.717, 1.165) is 44.4 Å². The summed E-state index contributed by atoms with van der Waals surface area (Å²) in [5, 5.41) is 16.4. The summed E-state index contributed by atoms with van der Waals surface area (Å²) in [6.45, 7) is 10.9. The van der Waals surface area contributed by atoms with Crippen molar-refractivity contribution in [3.63, 3.8) is 0 Å². The van der Waals surface area contributed by atoms with Crippen molar-refractivity contribution in [1.82, 2.24) is 35.9 Å². The first kappa shape index (κ1) is 41.8. The van der Waals surface area contributed by atoms with E-state index in [1.54, 1.807) is 43.0 Å². The molecule has 1 fully saturated rings. The first-order valence-corrected chi connectivity index (χ1v) is 20.1. The summed E-state index contributed by atoms with van der Waals surface area (Å²) in [4.78, 5) is 53.6. The van der Waals surface area contributed by atoms with E-state index in [0.29, 0.717) is 32.5 Å². The van der Waals surface area contributed by atoms with Crippen molar-refractivity contribution in [3.8, 4) is 11.3 Å². The normalized spacial score (nSPS) is 15.2. The Balaban J connectivity index is 1.23. The number of hydrogen-bond acceptors (Lipinski definition) is 8. The molecule has 2 aromatic heterocycles. The first-order chi connectivity index (χ1) is 27.9. The van der Waals surface area contributed by atoms with Gasteiger partial charge in [-0.3, -0.25) is 20.2 Å². The van der Waals surface area contributed by atoms with Crippen LogP contribution in [0.1, 0.15) is 63.3 Å². The molecule has 1 aliphatic rings. The topological polar surface area (TPSA) is 149 Å². The van der Waals surface area contributed by atoms with E-state index in [4.69, 9.17) is 4.74 Å². The molecule has 58 heavy (non-hydrogen) atoms. The van der Waals surface area contributed by atoms with Crippen LogP contribution >= 0.6 is 0 Å². The molecule has 4 unspecified atom stereocenters. The number of pyridine rings is 2. The van der Waals surface area contributed by atoms with Crippen LogP contribution in [-0.4, -0.2) is 79.8 Å². The zero-order valence-corrected chi connectivity index (χ0v) is 34.0. The lowest BCUT2D eigenvalue weighted by molar-refractivity contribution is -0.128. The number of hydrazine groups is 1. The molecule has 6 rings (SSSR count). The highest BCUT2D eigenvalue weighted by Gasteiger charge is 2.41. The Hall–Kier alpha value is -5.85. The second kappa shape index (κ2) is 19.1. The molecule has 304 valence electrons. The molecule has 0 aliphatic carbocycles. The van der Waals surface area contributed by atoms with Crippen molar-refractivity contribution in [3.05, 3.63) is 132 Å². The Morgan fingerprint density at radius 1 is 0.862 bits per heavy atom. The smallest absolute Gasteiger partial charge is 0.422 e. The maximum absolute atomic E-state index is 14.6. The SMILES string of the molecule is CCC(C)C(C(=O)NC(Cc1ccccc1)C(O)Cc1cc(-c2ccccn2)ccc1CNNC(=O)OC(C)(C)C)N1CCN(Cc2ccnc3ccccc23)C1=O. The number of aliphatic hydroxyl groups excluding tert-OH is 1. The van der Waals surface area contributed by atoms with Gasteiger partial charge < -0.3 is 25.0 Å². The Labute approximate surface area is 341 Å². The van der Waals surface area contributed by atoms with Gasteiger partial charge in [0.25, 0.3) is 0 Å². The van der Waals surface area contributed by atoms with Gasteiger partial charge in [-0.05, 0) is 85.7 Å². The van der Waals surface area contributed by atoms with Crippen LogP contribution in [0.5, 0.6) is 0 Å². The van der Waals surface area contributed by atoms with E-state index in [9.17, 15) is 19.5 Å². The number of rotatable bonds is 16. The van der Waals surface area contributed by atoms with Gasteiger partial charge in [-0.15, -0.1) is 0 Å². The van der Waals surface area contributed by atoms with Gasteiger partial charge in [-0.1, -0.05) is 87.0 Å². The highest BCUT2D eigenvalue weighted by molar-refractivity contribution is 5.89. The fourth-order valence-corrected chi connectivity index (χ4v) is 7.42. The van der Waals surface area contributed by atoms with Crippen molar-refractivity contribution < 1.29 is 24.2 Å². The lowest BCUT2D eigenvalue weighted by Crippen LogP contribution is -2.56. The van der Waals surface area contributed by atoms with Crippen molar-refractivity contribution in [1.29, 1.82) is 0 Å². The van der Waals surface area contributed by atoms with Gasteiger partial charge in [-0.25, -0.2) is 15.0 Å². The van der Waals surface area contributed by atoms with Gasteiger partial charge in [0.05, 0.1) is 23.4 Å². The molecule has 12 heteroatoms. The molecular formula is C46H55N7O5. The number of aliphatic hydroxyl groups is 1. The molecule has 3 heterocycles. The molecule has 0 saturated carbocycles. The van der Waals surface area contributed by atoms with E-state index in [1.807, 2.05) is 111 Å². The van der Waals surface area contributed by atoms with E-state index in [1.165, 1.54) is 0 Å². The quantitative estimate of drug-likeness (QED) is 0.0798. The lowest BCUT2D eigenvalue weighted by atomic mass is 9.91. The van der Waals surface area contributed by atoms with Crippen LogP contribution in [0.2, 0.25) is 0 Å². The van der Waals surface area contributed by atoms with Crippen LogP contribution in [0.4, 0.5) is 9.59 Å². The number of aromatic nitrogens is 2. The van der Waals surface area contributed by atoms with Crippen LogP contribution in [0.25, 0.3) is 22.2 Å². The summed E-state index contributed by atoms with van der Waals surface area (Å²) >= 11 is 0. The molecule has 3 aromatic carbocycles. The summed E-state index contributed by atoms with van der Waals surface area (Å²) in [5.74, 6) is -0.449. The summed E-state index contributed by atoms with van der Waals surface area (Å²) in [5.41, 5.74) is 11.0. The van der Waals surface area contributed by atoms with Crippen LogP contribution in [-0.2, 0) is 35.5 Å². The molecule has 4 atom stereocenters. The largest absolute Gasteiger partial charge is 0.443 e. The third-order valence-electron chi connectivity index (χ3n) is 10.6. The standard InChI is InChI=1S/C46H55N7O5/c1-6-31(2)42(53-25-24-52(45(53)57)30-35-21-23-48-39-18-11-10-16-37(35)39)43(55)50-40(26-32-14-8-7-9-15-32)41(54)28-36-27-33(38-17-12-13-22-47-38)19-20-34(36)29-49-51-44(56)58-46(3,4)5/h7-23,27,31,40-42,49,54H,6,24-26,28-30H2,1-5H3,(H,50,55)(H,51,56). The predicted molar refractivity (Wildman–Crippen MR) is 225 cm³/mol. The van der Waals surface area contributed by atoms with Crippen LogP contribution < -0.4 is 16.2 Å². The summed E-state index contributed by atoms with van der Waals surface area (Å²) in [7, 11) is 0. The number of nitrogens with zero attached hydrogens (tertiary/aromatic N) is 4. The number of fused-ring (bicyclic) bond motifs is 1. The number of carbonyl (C=O) groups excluding carboxylic acids is 3. The summed E-state index contributed by atoms with van der Waals surface area (Å²) in [6.07, 6.45) is 3.09. The Kier molecular flexibility index (Phi) is 13.7. The molecule has 1 aliphatic heterocycles. The maximum atomic E-state index is 14.6. The minimum Gasteiger partial charge on any atom is -0.443 e. The number of amides is 4. The highest BCUT2D eigenvalue weighted by Crippen LogP contribution is 2.27. The highest BCUT2D eigenvalue weighted by atomic mass is 16.6. The van der Waals surface area contributed by atoms with E-state index in [-0.39, 0.29) is 30.8 Å². The number of nitrogens with one attached hydrogen (secondary N) is 3. The molecule has 0 radical (unpaired) electrons. The molecular weight excluding hydrogens is 731 g/mol. The number of para-hydroxylation sites is 1. The zero-order chi connectivity index (χ0) is 41.2. The number of benzene rings is 3. The number of carbonyl (C=O) groups is 3. The Morgan fingerprint density at radius 3 is 2.36 bits per heavy atom. The second-order valence-electron chi connectivity index (χ2n) is 16.0. The van der Waals surface area contributed by atoms with E-state index >= 15 is 0 Å². The minimum absolute atomic E-state index is 0.148. The minimum atomic E-state index is -1.02. The molecule has 5 aromatic rings. The maximum Gasteiger partial charge on any atom is 0.422 e. The third kappa shape index (κ3) is 10.8.